The third-order valence-electron chi connectivity index (χ3n) is 3.96. The Bertz CT molecular complexity index is 798. The molecule has 2 amide bonds. The number of likely N-dealkylation sites (tertiary alicyclic amines) is 1. The molecule has 120 valence electrons. The second-order valence-corrected chi connectivity index (χ2v) is 6.57. The van der Waals surface area contributed by atoms with Gasteiger partial charge in [0.05, 0.1) is 5.92 Å². The van der Waals surface area contributed by atoms with E-state index in [1.165, 1.54) is 11.3 Å². The van der Waals surface area contributed by atoms with Gasteiger partial charge in [-0.1, -0.05) is 0 Å². The summed E-state index contributed by atoms with van der Waals surface area (Å²) < 4.78 is 0.855. The third kappa shape index (κ3) is 3.05. The van der Waals surface area contributed by atoms with Crippen molar-refractivity contribution in [2.24, 2.45) is 5.92 Å². The van der Waals surface area contributed by atoms with Crippen LogP contribution in [0.4, 0.5) is 5.69 Å². The summed E-state index contributed by atoms with van der Waals surface area (Å²) in [6.07, 6.45) is 0.240. The first-order valence-electron chi connectivity index (χ1n) is 7.33. The van der Waals surface area contributed by atoms with Crippen LogP contribution in [-0.2, 0) is 9.59 Å². The Morgan fingerprint density at radius 1 is 1.39 bits per heavy atom. The number of anilines is 1. The Labute approximate surface area is 136 Å². The molecule has 1 aromatic carbocycles. The van der Waals surface area contributed by atoms with Crippen LogP contribution >= 0.6 is 11.3 Å². The van der Waals surface area contributed by atoms with Gasteiger partial charge in [-0.15, -0.1) is 11.3 Å². The average molecular weight is 332 g/mol. The molecule has 0 bridgehead atoms. The minimum absolute atomic E-state index is 0.00652. The maximum absolute atomic E-state index is 12.3. The topological polar surface area (TPSA) is 86.7 Å². The molecule has 1 saturated heterocycles. The van der Waals surface area contributed by atoms with Crippen LogP contribution in [0.25, 0.3) is 10.1 Å². The van der Waals surface area contributed by atoms with Crippen LogP contribution in [0.3, 0.4) is 0 Å². The summed E-state index contributed by atoms with van der Waals surface area (Å²) in [5.41, 5.74) is 0.611. The van der Waals surface area contributed by atoms with E-state index in [-0.39, 0.29) is 29.0 Å². The summed E-state index contributed by atoms with van der Waals surface area (Å²) in [7, 11) is 0. The number of carbonyl (C=O) groups excluding carboxylic acids is 2. The molecule has 1 aliphatic heterocycles. The summed E-state index contributed by atoms with van der Waals surface area (Å²) in [6.45, 7) is 2.95. The molecule has 7 heteroatoms. The molecule has 1 atom stereocenters. The van der Waals surface area contributed by atoms with Gasteiger partial charge in [0.1, 0.15) is 4.88 Å². The second-order valence-electron chi connectivity index (χ2n) is 5.49. The van der Waals surface area contributed by atoms with Crippen molar-refractivity contribution in [2.45, 2.75) is 13.3 Å². The van der Waals surface area contributed by atoms with Crippen molar-refractivity contribution in [1.29, 1.82) is 0 Å². The van der Waals surface area contributed by atoms with Gasteiger partial charge in [-0.25, -0.2) is 4.79 Å². The number of benzene rings is 1. The largest absolute Gasteiger partial charge is 0.477 e. The van der Waals surface area contributed by atoms with E-state index in [1.807, 2.05) is 6.92 Å². The van der Waals surface area contributed by atoms with Gasteiger partial charge in [0.2, 0.25) is 11.8 Å². The Morgan fingerprint density at radius 3 is 2.83 bits per heavy atom. The highest BCUT2D eigenvalue weighted by atomic mass is 32.1. The first kappa shape index (κ1) is 15.5. The van der Waals surface area contributed by atoms with E-state index >= 15 is 0 Å². The molecule has 0 spiro atoms. The molecule has 0 aliphatic carbocycles. The predicted molar refractivity (Wildman–Crippen MR) is 87.8 cm³/mol. The minimum atomic E-state index is -0.957. The van der Waals surface area contributed by atoms with E-state index < -0.39 is 5.97 Å². The monoisotopic (exact) mass is 332 g/mol. The van der Waals surface area contributed by atoms with Crippen molar-refractivity contribution >= 4 is 44.9 Å². The van der Waals surface area contributed by atoms with E-state index in [9.17, 15) is 14.4 Å². The highest BCUT2D eigenvalue weighted by Crippen LogP contribution is 2.28. The summed E-state index contributed by atoms with van der Waals surface area (Å²) in [5, 5.41) is 12.6. The molecule has 1 aromatic heterocycles. The summed E-state index contributed by atoms with van der Waals surface area (Å²) in [6, 6.07) is 6.89. The van der Waals surface area contributed by atoms with Crippen molar-refractivity contribution in [2.75, 3.05) is 18.4 Å². The minimum Gasteiger partial charge on any atom is -0.477 e. The van der Waals surface area contributed by atoms with Crippen LogP contribution in [0.5, 0.6) is 0 Å². The Hall–Kier alpha value is -2.41. The highest BCUT2D eigenvalue weighted by Gasteiger charge is 2.33. The fourth-order valence-corrected chi connectivity index (χ4v) is 3.61. The smallest absolute Gasteiger partial charge is 0.345 e. The lowest BCUT2D eigenvalue weighted by Crippen LogP contribution is -2.28. The van der Waals surface area contributed by atoms with E-state index in [0.29, 0.717) is 18.8 Å². The predicted octanol–water partition coefficient (Wildman–Crippen LogP) is 2.41. The lowest BCUT2D eigenvalue weighted by Gasteiger charge is -2.13. The summed E-state index contributed by atoms with van der Waals surface area (Å²) in [5.74, 6) is -1.47. The molecule has 0 saturated carbocycles. The van der Waals surface area contributed by atoms with Crippen molar-refractivity contribution < 1.29 is 19.5 Å². The van der Waals surface area contributed by atoms with Crippen LogP contribution in [0.1, 0.15) is 23.0 Å². The zero-order valence-corrected chi connectivity index (χ0v) is 13.4. The number of nitrogens with one attached hydrogen (secondary N) is 1. The lowest BCUT2D eigenvalue weighted by molar-refractivity contribution is -0.128. The number of rotatable bonds is 4. The lowest BCUT2D eigenvalue weighted by atomic mass is 10.1. The van der Waals surface area contributed by atoms with Crippen LogP contribution in [0.15, 0.2) is 24.3 Å². The van der Waals surface area contributed by atoms with Crippen LogP contribution in [0.2, 0.25) is 0 Å². The molecule has 2 heterocycles. The number of carboxylic acid groups (broad SMARTS) is 1. The van der Waals surface area contributed by atoms with E-state index in [1.54, 1.807) is 29.2 Å². The molecule has 3 rings (SSSR count). The molecule has 2 aromatic rings. The van der Waals surface area contributed by atoms with E-state index in [4.69, 9.17) is 5.11 Å². The number of thiophene rings is 1. The molecule has 1 aliphatic rings. The average Bonchev–Trinajstić information content (AvgIpc) is 3.10. The van der Waals surface area contributed by atoms with Gasteiger partial charge in [0.15, 0.2) is 0 Å². The molecule has 23 heavy (non-hydrogen) atoms. The number of amides is 2. The van der Waals surface area contributed by atoms with Crippen LogP contribution in [0, 0.1) is 5.92 Å². The van der Waals surface area contributed by atoms with Crippen molar-refractivity contribution in [3.63, 3.8) is 0 Å². The van der Waals surface area contributed by atoms with Gasteiger partial charge in [-0.2, -0.15) is 0 Å². The molecule has 1 fully saturated rings. The Balaban J connectivity index is 1.75. The molecular formula is C16H16N2O4S. The first-order chi connectivity index (χ1) is 11.0. The van der Waals surface area contributed by atoms with Gasteiger partial charge in [0.25, 0.3) is 0 Å². The molecule has 6 nitrogen and oxygen atoms in total. The number of carbonyl (C=O) groups is 3. The number of fused-ring (bicyclic) bond motifs is 1. The van der Waals surface area contributed by atoms with E-state index in [0.717, 1.165) is 10.1 Å². The van der Waals surface area contributed by atoms with Crippen LogP contribution in [-0.4, -0.2) is 40.9 Å². The van der Waals surface area contributed by atoms with Crippen molar-refractivity contribution in [3.8, 4) is 0 Å². The molecule has 0 radical (unpaired) electrons. The van der Waals surface area contributed by atoms with Gasteiger partial charge >= 0.3 is 5.97 Å². The molecule has 2 N–H and O–H groups in total. The molecular weight excluding hydrogens is 316 g/mol. The third-order valence-corrected chi connectivity index (χ3v) is 5.07. The Kier molecular flexibility index (Phi) is 4.04. The summed E-state index contributed by atoms with van der Waals surface area (Å²) >= 11 is 1.20. The van der Waals surface area contributed by atoms with Crippen LogP contribution < -0.4 is 5.32 Å². The highest BCUT2D eigenvalue weighted by molar-refractivity contribution is 7.20. The fourth-order valence-electron chi connectivity index (χ4n) is 2.72. The molecule has 1 unspecified atom stereocenters. The number of nitrogens with zero attached hydrogens (tertiary/aromatic N) is 1. The standard InChI is InChI=1S/C16H16N2O4S/c1-2-18-8-10(7-14(18)19)15(20)17-11-3-4-12-9(5-11)6-13(23-12)16(21)22/h3-6,10H,2,7-8H2,1H3,(H,17,20)(H,21,22). The number of carboxylic acids is 1. The number of hydrogen-bond donors (Lipinski definition) is 2. The first-order valence-corrected chi connectivity index (χ1v) is 8.15. The van der Waals surface area contributed by atoms with Gasteiger partial charge in [-0.05, 0) is 36.6 Å². The zero-order chi connectivity index (χ0) is 16.6. The summed E-state index contributed by atoms with van der Waals surface area (Å²) in [4.78, 5) is 36.9. The normalized spacial score (nSPS) is 17.7. The second kappa shape index (κ2) is 6.00. The van der Waals surface area contributed by atoms with Gasteiger partial charge in [0, 0.05) is 29.9 Å². The van der Waals surface area contributed by atoms with Crippen molar-refractivity contribution in [1.82, 2.24) is 4.90 Å². The number of hydrogen-bond acceptors (Lipinski definition) is 4. The van der Waals surface area contributed by atoms with Gasteiger partial charge < -0.3 is 15.3 Å². The number of aromatic carboxylic acids is 1. The van der Waals surface area contributed by atoms with Gasteiger partial charge in [-0.3, -0.25) is 9.59 Å². The maximum Gasteiger partial charge on any atom is 0.345 e. The quantitative estimate of drug-likeness (QED) is 0.900. The maximum atomic E-state index is 12.3. The van der Waals surface area contributed by atoms with Crippen molar-refractivity contribution in [3.05, 3.63) is 29.1 Å². The zero-order valence-electron chi connectivity index (χ0n) is 12.5. The fraction of sp³-hybridized carbons (Fsp3) is 0.312. The Morgan fingerprint density at radius 2 is 2.17 bits per heavy atom. The van der Waals surface area contributed by atoms with E-state index in [2.05, 4.69) is 5.32 Å². The SMILES string of the molecule is CCN1CC(C(=O)Nc2ccc3sc(C(=O)O)cc3c2)CC1=O.